The number of para-hydroxylation sites is 1. The highest BCUT2D eigenvalue weighted by molar-refractivity contribution is 7.89. The van der Waals surface area contributed by atoms with E-state index in [1.807, 2.05) is 0 Å². The molecule has 0 aliphatic heterocycles. The van der Waals surface area contributed by atoms with Gasteiger partial charge in [0.25, 0.3) is 0 Å². The predicted molar refractivity (Wildman–Crippen MR) is 90.7 cm³/mol. The van der Waals surface area contributed by atoms with E-state index in [4.69, 9.17) is 20.8 Å². The lowest BCUT2D eigenvalue weighted by atomic mass is 10.3. The van der Waals surface area contributed by atoms with Gasteiger partial charge in [-0.2, -0.15) is 0 Å². The topological polar surface area (TPSA) is 68.5 Å². The normalized spacial score (nSPS) is 11.4. The second-order valence-corrected chi connectivity index (χ2v) is 7.08. The van der Waals surface area contributed by atoms with Crippen molar-refractivity contribution in [1.82, 2.24) is 4.72 Å². The molecule has 0 bridgehead atoms. The summed E-state index contributed by atoms with van der Waals surface area (Å²) in [5.74, 6) is 1.54. The first-order valence-corrected chi connectivity index (χ1v) is 8.95. The molecule has 5 nitrogen and oxygen atoms in total. The molecule has 2 aromatic carbocycles. The van der Waals surface area contributed by atoms with E-state index < -0.39 is 10.0 Å². The average Bonchev–Trinajstić information content (AvgIpc) is 3.09. The van der Waals surface area contributed by atoms with Gasteiger partial charge < -0.3 is 9.15 Å². The fourth-order valence-corrected chi connectivity index (χ4v) is 3.17. The fourth-order valence-electron chi connectivity index (χ4n) is 2.00. The first kappa shape index (κ1) is 16.6. The van der Waals surface area contributed by atoms with Crippen molar-refractivity contribution in [2.45, 2.75) is 11.4 Å². The summed E-state index contributed by atoms with van der Waals surface area (Å²) in [5.41, 5.74) is 0. The number of hydrogen-bond donors (Lipinski definition) is 1. The summed E-state index contributed by atoms with van der Waals surface area (Å²) in [6, 6.07) is 16.5. The number of benzene rings is 2. The van der Waals surface area contributed by atoms with Gasteiger partial charge in [0.1, 0.15) is 17.3 Å². The van der Waals surface area contributed by atoms with Gasteiger partial charge in [0.2, 0.25) is 10.0 Å². The molecule has 124 valence electrons. The Morgan fingerprint density at radius 3 is 2.42 bits per heavy atom. The number of nitrogens with one attached hydrogen (secondary N) is 1. The molecular weight excluding hydrogens is 350 g/mol. The summed E-state index contributed by atoms with van der Waals surface area (Å²) in [4.78, 5) is 0.139. The Morgan fingerprint density at radius 2 is 1.75 bits per heavy atom. The lowest BCUT2D eigenvalue weighted by molar-refractivity contribution is 0.482. The molecule has 0 saturated carbocycles. The van der Waals surface area contributed by atoms with Crippen molar-refractivity contribution < 1.29 is 17.6 Å². The van der Waals surface area contributed by atoms with Gasteiger partial charge >= 0.3 is 0 Å². The molecule has 7 heteroatoms. The number of hydrogen-bond acceptors (Lipinski definition) is 4. The molecule has 0 radical (unpaired) electrons. The molecule has 3 aromatic rings. The molecule has 24 heavy (non-hydrogen) atoms. The van der Waals surface area contributed by atoms with Crippen molar-refractivity contribution in [2.75, 3.05) is 0 Å². The smallest absolute Gasteiger partial charge is 0.240 e. The maximum atomic E-state index is 12.2. The van der Waals surface area contributed by atoms with Gasteiger partial charge in [-0.25, -0.2) is 13.1 Å². The molecule has 0 saturated heterocycles. The second-order valence-electron chi connectivity index (χ2n) is 4.91. The van der Waals surface area contributed by atoms with E-state index in [0.717, 1.165) is 0 Å². The third kappa shape index (κ3) is 3.97. The molecular formula is C17H14ClNO4S. The molecule has 0 aliphatic carbocycles. The number of furan rings is 1. The largest absolute Gasteiger partial charge is 0.468 e. The predicted octanol–water partition coefficient (Wildman–Crippen LogP) is 4.20. The summed E-state index contributed by atoms with van der Waals surface area (Å²) in [6.45, 7) is 0.0905. The van der Waals surface area contributed by atoms with Gasteiger partial charge in [-0.15, -0.1) is 0 Å². The molecule has 1 N–H and O–H groups in total. The van der Waals surface area contributed by atoms with E-state index in [9.17, 15) is 8.42 Å². The summed E-state index contributed by atoms with van der Waals surface area (Å²) in [6.07, 6.45) is 1.49. The van der Waals surface area contributed by atoms with Gasteiger partial charge in [0.15, 0.2) is 0 Å². The Balaban J connectivity index is 1.70. The van der Waals surface area contributed by atoms with Crippen LogP contribution in [0.2, 0.25) is 5.02 Å². The number of halogens is 1. The van der Waals surface area contributed by atoms with Crippen LogP contribution in [0.5, 0.6) is 11.5 Å². The maximum absolute atomic E-state index is 12.2. The van der Waals surface area contributed by atoms with Crippen LogP contribution in [0, 0.1) is 0 Å². The third-order valence-corrected chi connectivity index (χ3v) is 4.94. The number of sulfonamides is 1. The van der Waals surface area contributed by atoms with Crippen LogP contribution in [0.3, 0.4) is 0 Å². The summed E-state index contributed by atoms with van der Waals surface area (Å²) in [7, 11) is -3.63. The summed E-state index contributed by atoms with van der Waals surface area (Å²) in [5, 5.41) is 0.481. The maximum Gasteiger partial charge on any atom is 0.240 e. The lowest BCUT2D eigenvalue weighted by Crippen LogP contribution is -2.22. The zero-order valence-corrected chi connectivity index (χ0v) is 14.0. The van der Waals surface area contributed by atoms with Crippen LogP contribution < -0.4 is 9.46 Å². The van der Waals surface area contributed by atoms with Crippen molar-refractivity contribution in [3.8, 4) is 11.5 Å². The van der Waals surface area contributed by atoms with Crippen LogP contribution in [0.1, 0.15) is 5.76 Å². The third-order valence-electron chi connectivity index (χ3n) is 3.22. The van der Waals surface area contributed by atoms with Crippen LogP contribution in [-0.2, 0) is 16.6 Å². The Hall–Kier alpha value is -2.28. The standard InChI is InChI=1S/C17H14ClNO4S/c18-16-5-1-2-6-17(16)23-13-7-9-15(10-8-13)24(20,21)19-12-14-4-3-11-22-14/h1-11,19H,12H2. The van der Waals surface area contributed by atoms with Gasteiger partial charge in [-0.05, 0) is 48.5 Å². The molecule has 0 amide bonds. The molecule has 0 aliphatic rings. The minimum atomic E-state index is -3.63. The molecule has 3 rings (SSSR count). The highest BCUT2D eigenvalue weighted by atomic mass is 35.5. The Kier molecular flexibility index (Phi) is 4.89. The summed E-state index contributed by atoms with van der Waals surface area (Å²) >= 11 is 6.03. The SMILES string of the molecule is O=S(=O)(NCc1ccco1)c1ccc(Oc2ccccc2Cl)cc1. The first-order chi connectivity index (χ1) is 11.5. The molecule has 1 aromatic heterocycles. The molecule has 1 heterocycles. The van der Waals surface area contributed by atoms with Crippen LogP contribution in [0.25, 0.3) is 0 Å². The van der Waals surface area contributed by atoms with E-state index in [-0.39, 0.29) is 11.4 Å². The van der Waals surface area contributed by atoms with E-state index in [1.54, 1.807) is 48.5 Å². The Morgan fingerprint density at radius 1 is 1.00 bits per heavy atom. The van der Waals surface area contributed by atoms with E-state index in [0.29, 0.717) is 22.3 Å². The summed E-state index contributed by atoms with van der Waals surface area (Å²) < 4.78 is 37.7. The van der Waals surface area contributed by atoms with E-state index in [2.05, 4.69) is 4.72 Å². The Labute approximate surface area is 144 Å². The monoisotopic (exact) mass is 363 g/mol. The van der Waals surface area contributed by atoms with Crippen LogP contribution in [0.4, 0.5) is 0 Å². The van der Waals surface area contributed by atoms with Crippen molar-refractivity contribution in [3.63, 3.8) is 0 Å². The van der Waals surface area contributed by atoms with Gasteiger partial charge in [-0.1, -0.05) is 23.7 Å². The zero-order valence-electron chi connectivity index (χ0n) is 12.5. The average molecular weight is 364 g/mol. The molecule has 0 spiro atoms. The van der Waals surface area contributed by atoms with Crippen LogP contribution >= 0.6 is 11.6 Å². The first-order valence-electron chi connectivity index (χ1n) is 7.09. The Bertz CT molecular complexity index is 906. The van der Waals surface area contributed by atoms with Crippen LogP contribution in [0.15, 0.2) is 76.2 Å². The second kappa shape index (κ2) is 7.09. The lowest BCUT2D eigenvalue weighted by Gasteiger charge is -2.09. The van der Waals surface area contributed by atoms with Crippen molar-refractivity contribution >= 4 is 21.6 Å². The van der Waals surface area contributed by atoms with E-state index >= 15 is 0 Å². The number of ether oxygens (including phenoxy) is 1. The van der Waals surface area contributed by atoms with Gasteiger partial charge in [0.05, 0.1) is 22.7 Å². The molecule has 0 unspecified atom stereocenters. The van der Waals surface area contributed by atoms with Crippen molar-refractivity contribution in [2.24, 2.45) is 0 Å². The van der Waals surface area contributed by atoms with Crippen LogP contribution in [-0.4, -0.2) is 8.42 Å². The zero-order chi connectivity index (χ0) is 17.0. The van der Waals surface area contributed by atoms with Crippen molar-refractivity contribution in [1.29, 1.82) is 0 Å². The highest BCUT2D eigenvalue weighted by Gasteiger charge is 2.14. The number of rotatable bonds is 6. The molecule has 0 fully saturated rings. The fraction of sp³-hybridized carbons (Fsp3) is 0.0588. The molecule has 0 atom stereocenters. The minimum absolute atomic E-state index is 0.0905. The quantitative estimate of drug-likeness (QED) is 0.712. The highest BCUT2D eigenvalue weighted by Crippen LogP contribution is 2.29. The van der Waals surface area contributed by atoms with Gasteiger partial charge in [0, 0.05) is 0 Å². The van der Waals surface area contributed by atoms with E-state index in [1.165, 1.54) is 18.4 Å². The van der Waals surface area contributed by atoms with Crippen molar-refractivity contribution in [3.05, 3.63) is 77.7 Å². The van der Waals surface area contributed by atoms with Gasteiger partial charge in [-0.3, -0.25) is 0 Å². The minimum Gasteiger partial charge on any atom is -0.468 e.